The monoisotopic (exact) mass is 323 g/mol. The number of rotatable bonds is 3. The van der Waals surface area contributed by atoms with E-state index >= 15 is 0 Å². The van der Waals surface area contributed by atoms with E-state index in [4.69, 9.17) is 0 Å². The highest BCUT2D eigenvalue weighted by Gasteiger charge is 2.62. The molecule has 0 aliphatic carbocycles. The molecule has 1 heterocycles. The Bertz CT molecular complexity index is 430. The van der Waals surface area contributed by atoms with E-state index in [2.05, 4.69) is 20.7 Å². The zero-order chi connectivity index (χ0) is 13.4. The molecule has 0 atom stereocenters. The second-order valence-electron chi connectivity index (χ2n) is 4.43. The number of halogens is 4. The van der Waals surface area contributed by atoms with E-state index in [1.54, 1.807) is 4.90 Å². The maximum Gasteiger partial charge on any atom is 0.419 e. The van der Waals surface area contributed by atoms with Crippen LogP contribution in [0.2, 0.25) is 0 Å². The molecule has 1 aromatic rings. The average molecular weight is 324 g/mol. The van der Waals surface area contributed by atoms with Crippen LogP contribution in [0.15, 0.2) is 28.7 Å². The van der Waals surface area contributed by atoms with Crippen molar-refractivity contribution in [3.05, 3.63) is 34.3 Å². The van der Waals surface area contributed by atoms with Crippen LogP contribution >= 0.6 is 15.9 Å². The number of ether oxygens (including phenoxy) is 1. The lowest BCUT2D eigenvalue weighted by Gasteiger charge is -2.49. The fourth-order valence-electron chi connectivity index (χ4n) is 2.08. The van der Waals surface area contributed by atoms with Gasteiger partial charge >= 0.3 is 6.18 Å². The Morgan fingerprint density at radius 2 is 1.94 bits per heavy atom. The molecule has 0 bridgehead atoms. The molecule has 0 N–H and O–H groups in total. The van der Waals surface area contributed by atoms with E-state index in [1.807, 2.05) is 24.3 Å². The predicted octanol–water partition coefficient (Wildman–Crippen LogP) is 3.21. The van der Waals surface area contributed by atoms with Gasteiger partial charge < -0.3 is 4.74 Å². The molecule has 0 radical (unpaired) electrons. The van der Waals surface area contributed by atoms with Gasteiger partial charge in [-0.25, -0.2) is 0 Å². The van der Waals surface area contributed by atoms with Crippen molar-refractivity contribution < 1.29 is 17.9 Å². The predicted molar refractivity (Wildman–Crippen MR) is 65.2 cm³/mol. The topological polar surface area (TPSA) is 12.5 Å². The summed E-state index contributed by atoms with van der Waals surface area (Å²) in [7, 11) is 1.11. The molecule has 2 nitrogen and oxygen atoms in total. The van der Waals surface area contributed by atoms with Gasteiger partial charge in [-0.05, 0) is 11.6 Å². The van der Waals surface area contributed by atoms with Gasteiger partial charge in [-0.3, -0.25) is 4.90 Å². The van der Waals surface area contributed by atoms with Gasteiger partial charge in [0.25, 0.3) is 0 Å². The van der Waals surface area contributed by atoms with E-state index in [1.165, 1.54) is 0 Å². The fourth-order valence-corrected chi connectivity index (χ4v) is 2.49. The normalized spacial score (nSPS) is 19.6. The van der Waals surface area contributed by atoms with Gasteiger partial charge in [-0.2, -0.15) is 13.2 Å². The molecule has 6 heteroatoms. The van der Waals surface area contributed by atoms with Crippen molar-refractivity contribution >= 4 is 15.9 Å². The number of benzene rings is 1. The SMILES string of the molecule is COC1(C(F)(F)F)CN(Cc2ccccc2Br)C1. The quantitative estimate of drug-likeness (QED) is 0.847. The minimum atomic E-state index is -4.31. The number of hydrogen-bond donors (Lipinski definition) is 0. The summed E-state index contributed by atoms with van der Waals surface area (Å²) in [5.41, 5.74) is -1.02. The van der Waals surface area contributed by atoms with Gasteiger partial charge in [0.2, 0.25) is 0 Å². The summed E-state index contributed by atoms with van der Waals surface area (Å²) in [4.78, 5) is 1.72. The van der Waals surface area contributed by atoms with E-state index in [-0.39, 0.29) is 13.1 Å². The highest BCUT2D eigenvalue weighted by Crippen LogP contribution is 2.41. The summed E-state index contributed by atoms with van der Waals surface area (Å²) in [6, 6.07) is 7.51. The van der Waals surface area contributed by atoms with Crippen molar-refractivity contribution in [1.82, 2.24) is 4.90 Å². The lowest BCUT2D eigenvalue weighted by molar-refractivity contribution is -0.312. The van der Waals surface area contributed by atoms with Crippen LogP contribution in [0.25, 0.3) is 0 Å². The number of nitrogens with zero attached hydrogens (tertiary/aromatic N) is 1. The Morgan fingerprint density at radius 3 is 2.44 bits per heavy atom. The Kier molecular flexibility index (Phi) is 3.71. The third-order valence-electron chi connectivity index (χ3n) is 3.22. The van der Waals surface area contributed by atoms with E-state index in [0.29, 0.717) is 6.54 Å². The molecular formula is C12H13BrF3NO. The summed E-state index contributed by atoms with van der Waals surface area (Å²) >= 11 is 3.38. The third kappa shape index (κ3) is 2.41. The Hall–Kier alpha value is -0.590. The molecule has 0 unspecified atom stereocenters. The molecule has 1 fully saturated rings. The second kappa shape index (κ2) is 4.83. The fraction of sp³-hybridized carbons (Fsp3) is 0.500. The minimum Gasteiger partial charge on any atom is -0.366 e. The van der Waals surface area contributed by atoms with Gasteiger partial charge in [0.1, 0.15) is 0 Å². The van der Waals surface area contributed by atoms with Gasteiger partial charge in [-0.15, -0.1) is 0 Å². The molecular weight excluding hydrogens is 311 g/mol. The largest absolute Gasteiger partial charge is 0.419 e. The summed E-state index contributed by atoms with van der Waals surface area (Å²) < 4.78 is 43.9. The van der Waals surface area contributed by atoms with Crippen molar-refractivity contribution in [2.45, 2.75) is 18.3 Å². The highest BCUT2D eigenvalue weighted by molar-refractivity contribution is 9.10. The first-order valence-corrected chi connectivity index (χ1v) is 6.25. The van der Waals surface area contributed by atoms with Crippen LogP contribution in [0.4, 0.5) is 13.2 Å². The van der Waals surface area contributed by atoms with Gasteiger partial charge in [-0.1, -0.05) is 34.1 Å². The first-order valence-electron chi connectivity index (χ1n) is 5.45. The summed E-state index contributed by atoms with van der Waals surface area (Å²) in [6.07, 6.45) is -4.31. The molecule has 0 amide bonds. The number of methoxy groups -OCH3 is 1. The molecule has 18 heavy (non-hydrogen) atoms. The maximum absolute atomic E-state index is 12.8. The van der Waals surface area contributed by atoms with Crippen molar-refractivity contribution in [3.63, 3.8) is 0 Å². The van der Waals surface area contributed by atoms with Gasteiger partial charge in [0, 0.05) is 31.2 Å². The van der Waals surface area contributed by atoms with Crippen LogP contribution in [-0.2, 0) is 11.3 Å². The second-order valence-corrected chi connectivity index (χ2v) is 5.29. The molecule has 1 aliphatic heterocycles. The lowest BCUT2D eigenvalue weighted by atomic mass is 9.92. The smallest absolute Gasteiger partial charge is 0.366 e. The average Bonchev–Trinajstić information content (AvgIpc) is 2.23. The summed E-state index contributed by atoms with van der Waals surface area (Å²) in [6.45, 7) is 0.255. The van der Waals surface area contributed by atoms with Crippen LogP contribution in [0.1, 0.15) is 5.56 Å². The Morgan fingerprint density at radius 1 is 1.33 bits per heavy atom. The van der Waals surface area contributed by atoms with Crippen LogP contribution in [0, 0.1) is 0 Å². The zero-order valence-electron chi connectivity index (χ0n) is 9.80. The number of alkyl halides is 3. The van der Waals surface area contributed by atoms with Crippen molar-refractivity contribution in [3.8, 4) is 0 Å². The molecule has 100 valence electrons. The standard InChI is InChI=1S/C12H13BrF3NO/c1-18-11(12(14,15)16)7-17(8-11)6-9-4-2-3-5-10(9)13/h2-5H,6-8H2,1H3. The first kappa shape index (κ1) is 13.8. The van der Waals surface area contributed by atoms with Crippen LogP contribution in [0.5, 0.6) is 0 Å². The van der Waals surface area contributed by atoms with Gasteiger partial charge in [0.15, 0.2) is 5.60 Å². The van der Waals surface area contributed by atoms with Gasteiger partial charge in [0.05, 0.1) is 0 Å². The number of hydrogen-bond acceptors (Lipinski definition) is 2. The van der Waals surface area contributed by atoms with Crippen molar-refractivity contribution in [2.75, 3.05) is 20.2 Å². The summed E-state index contributed by atoms with van der Waals surface area (Å²) in [5, 5.41) is 0. The Balaban J connectivity index is 2.00. The summed E-state index contributed by atoms with van der Waals surface area (Å²) in [5.74, 6) is 0. The Labute approximate surface area is 112 Å². The minimum absolute atomic E-state index is 0.117. The molecule has 1 aromatic carbocycles. The van der Waals surface area contributed by atoms with Crippen LogP contribution in [0.3, 0.4) is 0 Å². The molecule has 2 rings (SSSR count). The third-order valence-corrected chi connectivity index (χ3v) is 3.99. The van der Waals surface area contributed by atoms with E-state index in [9.17, 15) is 13.2 Å². The van der Waals surface area contributed by atoms with E-state index < -0.39 is 11.8 Å². The molecule has 0 aromatic heterocycles. The maximum atomic E-state index is 12.8. The van der Waals surface area contributed by atoms with Crippen molar-refractivity contribution in [1.29, 1.82) is 0 Å². The highest BCUT2D eigenvalue weighted by atomic mass is 79.9. The van der Waals surface area contributed by atoms with Crippen LogP contribution < -0.4 is 0 Å². The zero-order valence-corrected chi connectivity index (χ0v) is 11.4. The lowest BCUT2D eigenvalue weighted by Crippen LogP contribution is -2.69. The molecule has 0 saturated carbocycles. The van der Waals surface area contributed by atoms with Crippen molar-refractivity contribution in [2.24, 2.45) is 0 Å². The van der Waals surface area contributed by atoms with E-state index in [0.717, 1.165) is 17.1 Å². The first-order chi connectivity index (χ1) is 8.38. The van der Waals surface area contributed by atoms with Crippen LogP contribution in [-0.4, -0.2) is 36.9 Å². The number of likely N-dealkylation sites (tertiary alicyclic amines) is 1. The molecule has 1 aliphatic rings. The molecule has 1 saturated heterocycles. The molecule has 0 spiro atoms.